The second kappa shape index (κ2) is 6.44. The molecule has 0 fully saturated rings. The van der Waals surface area contributed by atoms with E-state index >= 15 is 0 Å². The van der Waals surface area contributed by atoms with Gasteiger partial charge in [-0.05, 0) is 18.2 Å². The number of benzene rings is 1. The van der Waals surface area contributed by atoms with Gasteiger partial charge in [0.25, 0.3) is 11.1 Å². The molecule has 0 amide bonds. The van der Waals surface area contributed by atoms with Crippen molar-refractivity contribution in [2.45, 2.75) is 11.8 Å². The first kappa shape index (κ1) is 15.9. The molecule has 0 aliphatic carbocycles. The standard InChI is InChI=1S/C18H14N6O2S/c25-18-23-8-4-3-7-15(23)22-24(18)9-10-27-17-21-20-16(26-17)13-11-19-14-6-2-1-5-12(13)14/h1-8,11,19H,9-10H2. The summed E-state index contributed by atoms with van der Waals surface area (Å²) in [7, 11) is 0. The monoisotopic (exact) mass is 378 g/mol. The molecule has 0 saturated carbocycles. The van der Waals surface area contributed by atoms with Gasteiger partial charge in [0, 0.05) is 29.0 Å². The third kappa shape index (κ3) is 2.81. The molecule has 8 nitrogen and oxygen atoms in total. The van der Waals surface area contributed by atoms with Crippen LogP contribution in [-0.4, -0.2) is 35.1 Å². The lowest BCUT2D eigenvalue weighted by atomic mass is 10.2. The van der Waals surface area contributed by atoms with Crippen molar-refractivity contribution in [2.24, 2.45) is 0 Å². The number of H-pyrrole nitrogens is 1. The van der Waals surface area contributed by atoms with Crippen LogP contribution in [0.1, 0.15) is 0 Å². The van der Waals surface area contributed by atoms with Crippen molar-refractivity contribution in [3.05, 3.63) is 65.3 Å². The van der Waals surface area contributed by atoms with Gasteiger partial charge in [-0.15, -0.1) is 15.3 Å². The molecule has 5 aromatic rings. The number of hydrogen-bond donors (Lipinski definition) is 1. The van der Waals surface area contributed by atoms with E-state index in [1.165, 1.54) is 20.8 Å². The molecule has 134 valence electrons. The fraction of sp³-hybridized carbons (Fsp3) is 0.111. The van der Waals surface area contributed by atoms with Crippen LogP contribution in [0.3, 0.4) is 0 Å². The smallest absolute Gasteiger partial charge is 0.350 e. The van der Waals surface area contributed by atoms with Crippen LogP contribution in [0.2, 0.25) is 0 Å². The molecule has 0 unspecified atom stereocenters. The average Bonchev–Trinajstić information content (AvgIpc) is 3.40. The van der Waals surface area contributed by atoms with Crippen LogP contribution in [0.25, 0.3) is 28.0 Å². The molecule has 27 heavy (non-hydrogen) atoms. The van der Waals surface area contributed by atoms with Crippen LogP contribution in [0, 0.1) is 0 Å². The predicted molar refractivity (Wildman–Crippen MR) is 102 cm³/mol. The van der Waals surface area contributed by atoms with Gasteiger partial charge in [-0.2, -0.15) is 0 Å². The minimum Gasteiger partial charge on any atom is -0.411 e. The molecular formula is C18H14N6O2S. The Balaban J connectivity index is 1.31. The quantitative estimate of drug-likeness (QED) is 0.473. The van der Waals surface area contributed by atoms with E-state index in [2.05, 4.69) is 20.3 Å². The lowest BCUT2D eigenvalue weighted by Crippen LogP contribution is -2.21. The highest BCUT2D eigenvalue weighted by molar-refractivity contribution is 7.99. The van der Waals surface area contributed by atoms with E-state index in [0.717, 1.165) is 16.5 Å². The van der Waals surface area contributed by atoms with E-state index in [9.17, 15) is 4.79 Å². The summed E-state index contributed by atoms with van der Waals surface area (Å²) >= 11 is 1.40. The number of nitrogens with one attached hydrogen (secondary N) is 1. The summed E-state index contributed by atoms with van der Waals surface area (Å²) in [5, 5.41) is 14.0. The van der Waals surface area contributed by atoms with Crippen molar-refractivity contribution >= 4 is 28.3 Å². The Morgan fingerprint density at radius 1 is 1.11 bits per heavy atom. The van der Waals surface area contributed by atoms with Gasteiger partial charge < -0.3 is 9.40 Å². The maximum absolute atomic E-state index is 12.3. The number of fused-ring (bicyclic) bond motifs is 2. The highest BCUT2D eigenvalue weighted by Gasteiger charge is 2.14. The molecule has 0 saturated heterocycles. The van der Waals surface area contributed by atoms with Crippen molar-refractivity contribution < 1.29 is 4.42 Å². The van der Waals surface area contributed by atoms with Gasteiger partial charge in [0.15, 0.2) is 5.65 Å². The van der Waals surface area contributed by atoms with Crippen molar-refractivity contribution in [1.82, 2.24) is 29.4 Å². The Bertz CT molecular complexity index is 1300. The maximum Gasteiger partial charge on any atom is 0.350 e. The second-order valence-corrected chi connectivity index (χ2v) is 6.95. The Labute approximate surface area is 156 Å². The third-order valence-electron chi connectivity index (χ3n) is 4.24. The summed E-state index contributed by atoms with van der Waals surface area (Å²) in [4.78, 5) is 15.5. The molecule has 0 spiro atoms. The van der Waals surface area contributed by atoms with Crippen molar-refractivity contribution in [3.8, 4) is 11.5 Å². The zero-order valence-corrected chi connectivity index (χ0v) is 14.9. The van der Waals surface area contributed by atoms with E-state index < -0.39 is 0 Å². The van der Waals surface area contributed by atoms with Crippen molar-refractivity contribution in [3.63, 3.8) is 0 Å². The summed E-state index contributed by atoms with van der Waals surface area (Å²) in [6, 6.07) is 13.4. The molecule has 0 bridgehead atoms. The molecule has 1 aromatic carbocycles. The molecule has 4 heterocycles. The number of rotatable bonds is 5. The van der Waals surface area contributed by atoms with Crippen LogP contribution in [0.4, 0.5) is 0 Å². The van der Waals surface area contributed by atoms with Crippen LogP contribution in [0.5, 0.6) is 0 Å². The third-order valence-corrected chi connectivity index (χ3v) is 5.04. The Kier molecular flexibility index (Phi) is 3.79. The van der Waals surface area contributed by atoms with E-state index in [-0.39, 0.29) is 5.69 Å². The fourth-order valence-corrected chi connectivity index (χ4v) is 3.63. The average molecular weight is 378 g/mol. The van der Waals surface area contributed by atoms with E-state index in [0.29, 0.717) is 29.1 Å². The highest BCUT2D eigenvalue weighted by Crippen LogP contribution is 2.29. The number of hydrogen-bond acceptors (Lipinski definition) is 6. The molecule has 0 atom stereocenters. The molecule has 0 aliphatic rings. The van der Waals surface area contributed by atoms with E-state index in [1.54, 1.807) is 18.3 Å². The predicted octanol–water partition coefficient (Wildman–Crippen LogP) is 2.82. The normalized spacial score (nSPS) is 11.6. The molecule has 0 aliphatic heterocycles. The van der Waals surface area contributed by atoms with Crippen LogP contribution >= 0.6 is 11.8 Å². The number of aromatic amines is 1. The summed E-state index contributed by atoms with van der Waals surface area (Å²) in [6.07, 6.45) is 3.57. The first-order valence-electron chi connectivity index (χ1n) is 8.36. The van der Waals surface area contributed by atoms with E-state index in [1.807, 2.05) is 36.5 Å². The summed E-state index contributed by atoms with van der Waals surface area (Å²) in [5.74, 6) is 1.07. The summed E-state index contributed by atoms with van der Waals surface area (Å²) < 4.78 is 8.74. The number of pyridine rings is 1. The number of aryl methyl sites for hydroxylation is 1. The SMILES string of the molecule is O=c1n(CCSc2nnc(-c3c[nH]c4ccccc34)o2)nc2ccccn12. The topological polar surface area (TPSA) is 94.0 Å². The Hall–Kier alpha value is -3.33. The lowest BCUT2D eigenvalue weighted by molar-refractivity contribution is 0.465. The van der Waals surface area contributed by atoms with Gasteiger partial charge in [-0.25, -0.2) is 9.48 Å². The zero-order valence-electron chi connectivity index (χ0n) is 14.1. The summed E-state index contributed by atoms with van der Waals surface area (Å²) in [6.45, 7) is 0.454. The molecule has 0 radical (unpaired) electrons. The first-order chi connectivity index (χ1) is 13.3. The molecule has 1 N–H and O–H groups in total. The molecule has 5 rings (SSSR count). The Morgan fingerprint density at radius 2 is 2.00 bits per heavy atom. The van der Waals surface area contributed by atoms with Gasteiger partial charge in [0.1, 0.15) is 0 Å². The van der Waals surface area contributed by atoms with Gasteiger partial charge in [0.05, 0.1) is 12.1 Å². The minimum absolute atomic E-state index is 0.156. The van der Waals surface area contributed by atoms with Crippen LogP contribution in [-0.2, 0) is 6.54 Å². The fourth-order valence-electron chi connectivity index (χ4n) is 2.96. The van der Waals surface area contributed by atoms with Crippen LogP contribution < -0.4 is 5.69 Å². The maximum atomic E-state index is 12.3. The van der Waals surface area contributed by atoms with E-state index in [4.69, 9.17) is 4.42 Å². The van der Waals surface area contributed by atoms with Crippen molar-refractivity contribution in [1.29, 1.82) is 0 Å². The van der Waals surface area contributed by atoms with Gasteiger partial charge >= 0.3 is 5.69 Å². The largest absolute Gasteiger partial charge is 0.411 e. The van der Waals surface area contributed by atoms with Crippen molar-refractivity contribution in [2.75, 3.05) is 5.75 Å². The molecule has 9 heteroatoms. The van der Waals surface area contributed by atoms with Gasteiger partial charge in [-0.1, -0.05) is 36.0 Å². The highest BCUT2D eigenvalue weighted by atomic mass is 32.2. The van der Waals surface area contributed by atoms with Gasteiger partial charge in [0.2, 0.25) is 0 Å². The molecule has 4 aromatic heterocycles. The summed E-state index contributed by atoms with van der Waals surface area (Å²) in [5.41, 5.74) is 2.37. The Morgan fingerprint density at radius 3 is 2.93 bits per heavy atom. The first-order valence-corrected chi connectivity index (χ1v) is 9.35. The number of thioether (sulfide) groups is 1. The number of aromatic nitrogens is 6. The zero-order chi connectivity index (χ0) is 18.2. The van der Waals surface area contributed by atoms with Gasteiger partial charge in [-0.3, -0.25) is 4.40 Å². The second-order valence-electron chi connectivity index (χ2n) is 5.90. The molecular weight excluding hydrogens is 364 g/mol. The minimum atomic E-state index is -0.156. The number of para-hydroxylation sites is 1. The number of nitrogens with zero attached hydrogens (tertiary/aromatic N) is 5. The van der Waals surface area contributed by atoms with Crippen LogP contribution in [0.15, 0.2) is 69.3 Å². The lowest BCUT2D eigenvalue weighted by Gasteiger charge is -1.96.